The number of hydrogen-bond acceptors (Lipinski definition) is 5. The normalized spacial score (nSPS) is 10.4. The van der Waals surface area contributed by atoms with Gasteiger partial charge in [0.2, 0.25) is 0 Å². The lowest BCUT2D eigenvalue weighted by Gasteiger charge is -2.11. The maximum absolute atomic E-state index is 11.6. The summed E-state index contributed by atoms with van der Waals surface area (Å²) in [5.41, 5.74) is 1.16. The van der Waals surface area contributed by atoms with Gasteiger partial charge in [0.1, 0.15) is 17.1 Å². The zero-order valence-electron chi connectivity index (χ0n) is 12.3. The summed E-state index contributed by atoms with van der Waals surface area (Å²) in [5.74, 6) is -0.839. The summed E-state index contributed by atoms with van der Waals surface area (Å²) in [6.45, 7) is 2.16. The van der Waals surface area contributed by atoms with E-state index in [1.165, 1.54) is 18.2 Å². The Bertz CT molecular complexity index is 734. The molecule has 122 valence electrons. The van der Waals surface area contributed by atoms with E-state index in [9.17, 15) is 15.0 Å². The molecule has 3 N–H and O–H groups in total. The van der Waals surface area contributed by atoms with Crippen LogP contribution in [0.25, 0.3) is 0 Å². The number of phenolic OH excluding ortho intramolecular Hbond substituents is 2. The van der Waals surface area contributed by atoms with E-state index in [1.807, 2.05) is 0 Å². The summed E-state index contributed by atoms with van der Waals surface area (Å²) in [4.78, 5) is 11.6. The second-order valence-corrected chi connectivity index (χ2v) is 5.54. The van der Waals surface area contributed by atoms with Crippen LogP contribution in [0.3, 0.4) is 0 Å². The van der Waals surface area contributed by atoms with Crippen molar-refractivity contribution in [1.82, 2.24) is 0 Å². The van der Waals surface area contributed by atoms with Crippen LogP contribution in [0.5, 0.6) is 11.5 Å². The first-order chi connectivity index (χ1) is 10.9. The van der Waals surface area contributed by atoms with Crippen LogP contribution < -0.4 is 5.32 Å². The SMILES string of the molecule is CCOC(=O)c1ccc(NCc2cc(Cl)cc(Cl)c2O)cc1O. The van der Waals surface area contributed by atoms with Gasteiger partial charge in [-0.25, -0.2) is 4.79 Å². The zero-order valence-corrected chi connectivity index (χ0v) is 13.8. The van der Waals surface area contributed by atoms with Crippen molar-refractivity contribution in [2.75, 3.05) is 11.9 Å². The molecule has 2 aromatic carbocycles. The molecule has 0 atom stereocenters. The first-order valence-electron chi connectivity index (χ1n) is 6.83. The highest BCUT2D eigenvalue weighted by molar-refractivity contribution is 6.35. The second-order valence-electron chi connectivity index (χ2n) is 4.70. The van der Waals surface area contributed by atoms with Crippen molar-refractivity contribution in [2.24, 2.45) is 0 Å². The average molecular weight is 356 g/mol. The van der Waals surface area contributed by atoms with Crippen LogP contribution in [0.4, 0.5) is 5.69 Å². The lowest BCUT2D eigenvalue weighted by atomic mass is 10.1. The van der Waals surface area contributed by atoms with Crippen LogP contribution in [-0.2, 0) is 11.3 Å². The molecule has 0 aliphatic carbocycles. The van der Waals surface area contributed by atoms with E-state index in [2.05, 4.69) is 5.32 Å². The van der Waals surface area contributed by atoms with E-state index >= 15 is 0 Å². The van der Waals surface area contributed by atoms with Crippen molar-refractivity contribution in [3.8, 4) is 11.5 Å². The fourth-order valence-corrected chi connectivity index (χ4v) is 2.51. The average Bonchev–Trinajstić information content (AvgIpc) is 2.49. The molecule has 0 amide bonds. The fraction of sp³-hybridized carbons (Fsp3) is 0.188. The molecule has 0 saturated carbocycles. The van der Waals surface area contributed by atoms with Crippen molar-refractivity contribution in [3.63, 3.8) is 0 Å². The van der Waals surface area contributed by atoms with Crippen molar-refractivity contribution >= 4 is 34.9 Å². The number of esters is 1. The van der Waals surface area contributed by atoms with Gasteiger partial charge >= 0.3 is 5.97 Å². The summed E-state index contributed by atoms with van der Waals surface area (Å²) in [6.07, 6.45) is 0. The maximum Gasteiger partial charge on any atom is 0.341 e. The fourth-order valence-electron chi connectivity index (χ4n) is 1.97. The molecule has 0 saturated heterocycles. The van der Waals surface area contributed by atoms with Gasteiger partial charge in [0.15, 0.2) is 0 Å². The van der Waals surface area contributed by atoms with Crippen LogP contribution >= 0.6 is 23.2 Å². The predicted molar refractivity (Wildman–Crippen MR) is 89.5 cm³/mol. The van der Waals surface area contributed by atoms with Gasteiger partial charge in [-0.2, -0.15) is 0 Å². The highest BCUT2D eigenvalue weighted by Crippen LogP contribution is 2.32. The standard InChI is InChI=1S/C16H15Cl2NO4/c1-2-23-16(22)12-4-3-11(7-14(12)20)19-8-9-5-10(17)6-13(18)15(9)21/h3-7,19-21H,2,8H2,1H3. The molecule has 0 fully saturated rings. The molecule has 0 aromatic heterocycles. The number of aromatic hydroxyl groups is 2. The van der Waals surface area contributed by atoms with Crippen molar-refractivity contribution in [3.05, 3.63) is 51.5 Å². The van der Waals surface area contributed by atoms with E-state index < -0.39 is 5.97 Å². The number of phenols is 2. The molecule has 7 heteroatoms. The molecule has 0 spiro atoms. The number of halogens is 2. The van der Waals surface area contributed by atoms with Crippen molar-refractivity contribution in [2.45, 2.75) is 13.5 Å². The first kappa shape index (κ1) is 17.2. The molecule has 0 radical (unpaired) electrons. The summed E-state index contributed by atoms with van der Waals surface area (Å²) >= 11 is 11.8. The van der Waals surface area contributed by atoms with Gasteiger partial charge in [-0.3, -0.25) is 0 Å². The minimum Gasteiger partial charge on any atom is -0.507 e. The largest absolute Gasteiger partial charge is 0.507 e. The number of ether oxygens (including phenoxy) is 1. The Morgan fingerprint density at radius 2 is 1.96 bits per heavy atom. The number of rotatable bonds is 5. The minimum absolute atomic E-state index is 0.0593. The third kappa shape index (κ3) is 4.21. The molecule has 2 rings (SSSR count). The predicted octanol–water partition coefficient (Wildman–Crippen LogP) is 4.19. The van der Waals surface area contributed by atoms with E-state index in [0.717, 1.165) is 0 Å². The molecule has 0 unspecified atom stereocenters. The molecule has 0 aliphatic heterocycles. The van der Waals surface area contributed by atoms with Gasteiger partial charge in [0, 0.05) is 28.9 Å². The van der Waals surface area contributed by atoms with E-state index in [-0.39, 0.29) is 35.2 Å². The van der Waals surface area contributed by atoms with Crippen LogP contribution in [0.2, 0.25) is 10.0 Å². The van der Waals surface area contributed by atoms with Gasteiger partial charge in [-0.1, -0.05) is 23.2 Å². The molecule has 0 heterocycles. The molecular weight excluding hydrogens is 341 g/mol. The van der Waals surface area contributed by atoms with Crippen LogP contribution in [0, 0.1) is 0 Å². The van der Waals surface area contributed by atoms with Crippen LogP contribution in [0.1, 0.15) is 22.8 Å². The van der Waals surface area contributed by atoms with Gasteiger partial charge in [0.25, 0.3) is 0 Å². The minimum atomic E-state index is -0.587. The molecule has 2 aromatic rings. The number of hydrogen-bond donors (Lipinski definition) is 3. The number of carbonyl (C=O) groups is 1. The monoisotopic (exact) mass is 355 g/mol. The van der Waals surface area contributed by atoms with E-state index in [0.29, 0.717) is 16.3 Å². The molecule has 0 aliphatic rings. The second kappa shape index (κ2) is 7.44. The Hall–Kier alpha value is -2.11. The smallest absolute Gasteiger partial charge is 0.341 e. The van der Waals surface area contributed by atoms with Gasteiger partial charge in [-0.05, 0) is 31.2 Å². The Morgan fingerprint density at radius 1 is 1.22 bits per heavy atom. The Morgan fingerprint density at radius 3 is 2.61 bits per heavy atom. The number of carbonyl (C=O) groups excluding carboxylic acids is 1. The molecular formula is C16H15Cl2NO4. The lowest BCUT2D eigenvalue weighted by molar-refractivity contribution is 0.0523. The van der Waals surface area contributed by atoms with Crippen molar-refractivity contribution in [1.29, 1.82) is 0 Å². The summed E-state index contributed by atoms with van der Waals surface area (Å²) in [6, 6.07) is 7.51. The summed E-state index contributed by atoms with van der Waals surface area (Å²) in [5, 5.41) is 23.4. The van der Waals surface area contributed by atoms with E-state index in [4.69, 9.17) is 27.9 Å². The highest BCUT2D eigenvalue weighted by Gasteiger charge is 2.13. The number of benzene rings is 2. The summed E-state index contributed by atoms with van der Waals surface area (Å²) in [7, 11) is 0. The van der Waals surface area contributed by atoms with Gasteiger partial charge in [-0.15, -0.1) is 0 Å². The van der Waals surface area contributed by atoms with E-state index in [1.54, 1.807) is 19.1 Å². The number of nitrogens with one attached hydrogen (secondary N) is 1. The van der Waals surface area contributed by atoms with Crippen LogP contribution in [-0.4, -0.2) is 22.8 Å². The molecule has 23 heavy (non-hydrogen) atoms. The Labute approximate surface area is 143 Å². The summed E-state index contributed by atoms with van der Waals surface area (Å²) < 4.78 is 4.84. The third-order valence-corrected chi connectivity index (χ3v) is 3.59. The Kier molecular flexibility index (Phi) is 5.58. The van der Waals surface area contributed by atoms with Crippen LogP contribution in [0.15, 0.2) is 30.3 Å². The maximum atomic E-state index is 11.6. The third-order valence-electron chi connectivity index (χ3n) is 3.08. The molecule has 5 nitrogen and oxygen atoms in total. The molecule has 0 bridgehead atoms. The van der Waals surface area contributed by atoms with Gasteiger partial charge < -0.3 is 20.3 Å². The Balaban J connectivity index is 2.13. The zero-order chi connectivity index (χ0) is 17.0. The van der Waals surface area contributed by atoms with Gasteiger partial charge in [0.05, 0.1) is 11.6 Å². The lowest BCUT2D eigenvalue weighted by Crippen LogP contribution is -2.06. The topological polar surface area (TPSA) is 78.8 Å². The quantitative estimate of drug-likeness (QED) is 0.700. The number of anilines is 1. The first-order valence-corrected chi connectivity index (χ1v) is 7.58. The van der Waals surface area contributed by atoms with Crippen molar-refractivity contribution < 1.29 is 19.7 Å². The highest BCUT2D eigenvalue weighted by atomic mass is 35.5.